The first kappa shape index (κ1) is 19.3. The van der Waals surface area contributed by atoms with Gasteiger partial charge in [-0.2, -0.15) is 0 Å². The Bertz CT molecular complexity index is 1010. The van der Waals surface area contributed by atoms with Gasteiger partial charge in [0.05, 0.1) is 31.3 Å². The number of nitrogens with one attached hydrogen (secondary N) is 1. The Morgan fingerprint density at radius 1 is 1.17 bits per heavy atom. The van der Waals surface area contributed by atoms with Crippen LogP contribution in [0.3, 0.4) is 0 Å². The number of aromatic amines is 1. The molecule has 1 fully saturated rings. The first-order valence-corrected chi connectivity index (χ1v) is 10.0. The highest BCUT2D eigenvalue weighted by atomic mass is 16.5. The maximum Gasteiger partial charge on any atom is 0.223 e. The molecule has 0 saturated carbocycles. The van der Waals surface area contributed by atoms with Crippen LogP contribution in [-0.2, 0) is 11.2 Å². The van der Waals surface area contributed by atoms with E-state index >= 15 is 0 Å². The third-order valence-electron chi connectivity index (χ3n) is 5.58. The second-order valence-electron chi connectivity index (χ2n) is 7.61. The van der Waals surface area contributed by atoms with E-state index in [-0.39, 0.29) is 11.9 Å². The van der Waals surface area contributed by atoms with E-state index in [4.69, 9.17) is 14.5 Å². The van der Waals surface area contributed by atoms with Gasteiger partial charge in [-0.1, -0.05) is 6.07 Å². The molecule has 1 saturated heterocycles. The molecule has 1 N–H and O–H groups in total. The van der Waals surface area contributed by atoms with Crippen molar-refractivity contribution in [2.75, 3.05) is 20.8 Å². The summed E-state index contributed by atoms with van der Waals surface area (Å²) in [6.07, 6.45) is 3.04. The van der Waals surface area contributed by atoms with Crippen LogP contribution in [0.2, 0.25) is 0 Å². The molecule has 0 spiro atoms. The monoisotopic (exact) mass is 393 g/mol. The number of rotatable bonds is 6. The maximum atomic E-state index is 13.0. The zero-order valence-electron chi connectivity index (χ0n) is 17.2. The van der Waals surface area contributed by atoms with Crippen LogP contribution in [-0.4, -0.2) is 41.5 Å². The number of ether oxygens (including phenoxy) is 2. The number of nitrogens with zero attached hydrogens (tertiary/aromatic N) is 2. The first-order valence-electron chi connectivity index (χ1n) is 10.0. The lowest BCUT2D eigenvalue weighted by Gasteiger charge is -2.23. The number of benzene rings is 2. The Hall–Kier alpha value is -3.02. The van der Waals surface area contributed by atoms with Gasteiger partial charge >= 0.3 is 0 Å². The van der Waals surface area contributed by atoms with Crippen LogP contribution in [0, 0.1) is 6.92 Å². The SMILES string of the molecule is COc1cc(CCC(=O)N2CCCC2c2nc3ccc(C)cc3[nH]2)cc(OC)c1. The molecule has 1 amide bonds. The lowest BCUT2D eigenvalue weighted by Crippen LogP contribution is -2.31. The molecule has 1 aliphatic heterocycles. The van der Waals surface area contributed by atoms with E-state index in [1.165, 1.54) is 5.56 Å². The second kappa shape index (κ2) is 8.15. The molecule has 1 atom stereocenters. The molecule has 3 aromatic rings. The molecule has 1 unspecified atom stereocenters. The normalized spacial score (nSPS) is 16.4. The molecule has 2 heterocycles. The van der Waals surface area contributed by atoms with Crippen molar-refractivity contribution in [1.82, 2.24) is 14.9 Å². The van der Waals surface area contributed by atoms with Crippen molar-refractivity contribution in [3.05, 3.63) is 53.3 Å². The Labute approximate surface area is 170 Å². The summed E-state index contributed by atoms with van der Waals surface area (Å²) in [6.45, 7) is 2.85. The average molecular weight is 393 g/mol. The fraction of sp³-hybridized carbons (Fsp3) is 0.391. The summed E-state index contributed by atoms with van der Waals surface area (Å²) in [5.41, 5.74) is 4.21. The van der Waals surface area contributed by atoms with E-state index in [2.05, 4.69) is 24.0 Å². The zero-order chi connectivity index (χ0) is 20.4. The number of imidazole rings is 1. The summed E-state index contributed by atoms with van der Waals surface area (Å²) < 4.78 is 10.7. The van der Waals surface area contributed by atoms with Crippen molar-refractivity contribution in [1.29, 1.82) is 0 Å². The van der Waals surface area contributed by atoms with E-state index in [0.717, 1.165) is 53.3 Å². The number of amides is 1. The largest absolute Gasteiger partial charge is 0.497 e. The Morgan fingerprint density at radius 2 is 1.93 bits per heavy atom. The predicted octanol–water partition coefficient (Wildman–Crippen LogP) is 4.18. The fourth-order valence-electron chi connectivity index (χ4n) is 4.06. The van der Waals surface area contributed by atoms with E-state index < -0.39 is 0 Å². The van der Waals surface area contributed by atoms with Gasteiger partial charge in [0.25, 0.3) is 0 Å². The predicted molar refractivity (Wildman–Crippen MR) is 112 cm³/mol. The molecule has 2 aromatic carbocycles. The van der Waals surface area contributed by atoms with Crippen molar-refractivity contribution >= 4 is 16.9 Å². The number of hydrogen-bond acceptors (Lipinski definition) is 4. The molecule has 0 aliphatic carbocycles. The van der Waals surface area contributed by atoms with Crippen molar-refractivity contribution in [2.45, 2.75) is 38.6 Å². The lowest BCUT2D eigenvalue weighted by molar-refractivity contribution is -0.132. The molecule has 6 heteroatoms. The van der Waals surface area contributed by atoms with Gasteiger partial charge in [0, 0.05) is 19.0 Å². The molecule has 1 aliphatic rings. The molecular formula is C23H27N3O3. The number of carbonyl (C=O) groups is 1. The maximum absolute atomic E-state index is 13.0. The average Bonchev–Trinajstić information content (AvgIpc) is 3.38. The second-order valence-corrected chi connectivity index (χ2v) is 7.61. The molecular weight excluding hydrogens is 366 g/mol. The van der Waals surface area contributed by atoms with Crippen LogP contribution in [0.25, 0.3) is 11.0 Å². The van der Waals surface area contributed by atoms with Gasteiger partial charge in [-0.3, -0.25) is 4.79 Å². The van der Waals surface area contributed by atoms with Gasteiger partial charge in [0.2, 0.25) is 5.91 Å². The van der Waals surface area contributed by atoms with Crippen molar-refractivity contribution in [3.8, 4) is 11.5 Å². The van der Waals surface area contributed by atoms with Gasteiger partial charge in [0.1, 0.15) is 17.3 Å². The minimum absolute atomic E-state index is 0.0232. The third kappa shape index (κ3) is 4.06. The van der Waals surface area contributed by atoms with Crippen LogP contribution < -0.4 is 9.47 Å². The van der Waals surface area contributed by atoms with Crippen LogP contribution in [0.5, 0.6) is 11.5 Å². The molecule has 6 nitrogen and oxygen atoms in total. The van der Waals surface area contributed by atoms with E-state index in [1.807, 2.05) is 29.2 Å². The highest BCUT2D eigenvalue weighted by Gasteiger charge is 2.31. The standard InChI is InChI=1S/C23H27N3O3/c1-15-6-8-19-20(11-15)25-23(24-19)21-5-4-10-26(21)22(27)9-7-16-12-17(28-2)14-18(13-16)29-3/h6,8,11-14,21H,4-5,7,9-10H2,1-3H3,(H,24,25). The van der Waals surface area contributed by atoms with Crippen LogP contribution in [0.15, 0.2) is 36.4 Å². The van der Waals surface area contributed by atoms with Gasteiger partial charge < -0.3 is 19.4 Å². The third-order valence-corrected chi connectivity index (χ3v) is 5.58. The number of H-pyrrole nitrogens is 1. The van der Waals surface area contributed by atoms with Crippen molar-refractivity contribution < 1.29 is 14.3 Å². The topological polar surface area (TPSA) is 67.5 Å². The fourth-order valence-corrected chi connectivity index (χ4v) is 4.06. The first-order chi connectivity index (χ1) is 14.1. The summed E-state index contributed by atoms with van der Waals surface area (Å²) in [5.74, 6) is 2.53. The number of aromatic nitrogens is 2. The smallest absolute Gasteiger partial charge is 0.223 e. The van der Waals surface area contributed by atoms with Crippen molar-refractivity contribution in [2.24, 2.45) is 0 Å². The number of hydrogen-bond donors (Lipinski definition) is 1. The summed E-state index contributed by atoms with van der Waals surface area (Å²) in [6, 6.07) is 12.0. The summed E-state index contributed by atoms with van der Waals surface area (Å²) >= 11 is 0. The lowest BCUT2D eigenvalue weighted by atomic mass is 10.1. The number of carbonyl (C=O) groups excluding carboxylic acids is 1. The van der Waals surface area contributed by atoms with Crippen LogP contribution in [0.4, 0.5) is 0 Å². The zero-order valence-corrected chi connectivity index (χ0v) is 17.2. The minimum atomic E-state index is 0.0232. The number of aryl methyl sites for hydroxylation is 2. The summed E-state index contributed by atoms with van der Waals surface area (Å²) in [4.78, 5) is 23.2. The van der Waals surface area contributed by atoms with E-state index in [0.29, 0.717) is 12.8 Å². The molecule has 4 rings (SSSR count). The molecule has 1 aromatic heterocycles. The van der Waals surface area contributed by atoms with Gasteiger partial charge in [0.15, 0.2) is 0 Å². The van der Waals surface area contributed by atoms with E-state index in [1.54, 1.807) is 14.2 Å². The number of methoxy groups -OCH3 is 2. The van der Waals surface area contributed by atoms with Gasteiger partial charge in [-0.05, 0) is 61.6 Å². The van der Waals surface area contributed by atoms with Crippen LogP contribution in [0.1, 0.15) is 42.3 Å². The summed E-state index contributed by atoms with van der Waals surface area (Å²) in [5, 5.41) is 0. The van der Waals surface area contributed by atoms with E-state index in [9.17, 15) is 4.79 Å². The molecule has 0 bridgehead atoms. The van der Waals surface area contributed by atoms with Crippen molar-refractivity contribution in [3.63, 3.8) is 0 Å². The molecule has 29 heavy (non-hydrogen) atoms. The van der Waals surface area contributed by atoms with Gasteiger partial charge in [-0.25, -0.2) is 4.98 Å². The molecule has 152 valence electrons. The number of likely N-dealkylation sites (tertiary alicyclic amines) is 1. The number of fused-ring (bicyclic) bond motifs is 1. The van der Waals surface area contributed by atoms with Crippen LogP contribution >= 0.6 is 0 Å². The molecule has 0 radical (unpaired) electrons. The summed E-state index contributed by atoms with van der Waals surface area (Å²) in [7, 11) is 3.26. The Morgan fingerprint density at radius 3 is 2.66 bits per heavy atom. The highest BCUT2D eigenvalue weighted by molar-refractivity contribution is 5.78. The highest BCUT2D eigenvalue weighted by Crippen LogP contribution is 2.32. The van der Waals surface area contributed by atoms with Gasteiger partial charge in [-0.15, -0.1) is 0 Å². The Balaban J connectivity index is 1.47. The Kier molecular flexibility index (Phi) is 5.43. The minimum Gasteiger partial charge on any atom is -0.497 e. The quantitative estimate of drug-likeness (QED) is 0.682.